The van der Waals surface area contributed by atoms with Gasteiger partial charge in [0.25, 0.3) is 0 Å². The maximum Gasteiger partial charge on any atom is 0.231 e. The number of ether oxygens (including phenoxy) is 2. The maximum atomic E-state index is 5.44. The lowest BCUT2D eigenvalue weighted by Crippen LogP contribution is -2.40. The Bertz CT molecular complexity index is 432. The van der Waals surface area contributed by atoms with Gasteiger partial charge in [0.1, 0.15) is 0 Å². The Kier molecular flexibility index (Phi) is 5.26. The number of hydrogen-bond acceptors (Lipinski definition) is 4. The Hall–Kier alpha value is -1.26. The molecule has 0 radical (unpaired) electrons. The van der Waals surface area contributed by atoms with E-state index in [0.717, 1.165) is 31.1 Å². The maximum absolute atomic E-state index is 5.44. The van der Waals surface area contributed by atoms with Crippen molar-refractivity contribution in [3.8, 4) is 11.5 Å². The molecule has 2 rings (SSSR count). The van der Waals surface area contributed by atoms with E-state index in [1.807, 2.05) is 6.07 Å². The lowest BCUT2D eigenvalue weighted by Gasteiger charge is -2.26. The number of nitrogens with one attached hydrogen (secondary N) is 1. The smallest absolute Gasteiger partial charge is 0.231 e. The topological polar surface area (TPSA) is 33.7 Å². The molecule has 1 N–H and O–H groups in total. The first kappa shape index (κ1) is 15.1. The number of benzene rings is 1. The van der Waals surface area contributed by atoms with E-state index in [2.05, 4.69) is 50.0 Å². The Morgan fingerprint density at radius 1 is 1.15 bits per heavy atom. The van der Waals surface area contributed by atoms with Gasteiger partial charge in [-0.2, -0.15) is 0 Å². The summed E-state index contributed by atoms with van der Waals surface area (Å²) in [5.41, 5.74) is 1.24. The molecule has 112 valence electrons. The second-order valence-corrected chi connectivity index (χ2v) is 5.39. The average Bonchev–Trinajstić information content (AvgIpc) is 2.91. The van der Waals surface area contributed by atoms with E-state index in [1.165, 1.54) is 5.56 Å². The molecule has 0 spiro atoms. The SMILES string of the molecule is CCN(CC)CC(C)NC(C)c1ccc2c(c1)OCO2. The first-order chi connectivity index (χ1) is 9.63. The molecule has 4 nitrogen and oxygen atoms in total. The van der Waals surface area contributed by atoms with Crippen LogP contribution in [0.1, 0.15) is 39.3 Å². The molecule has 1 aliphatic heterocycles. The van der Waals surface area contributed by atoms with Crippen molar-refractivity contribution in [1.82, 2.24) is 10.2 Å². The summed E-state index contributed by atoms with van der Waals surface area (Å²) < 4.78 is 10.8. The molecule has 20 heavy (non-hydrogen) atoms. The van der Waals surface area contributed by atoms with Crippen LogP contribution in [0.2, 0.25) is 0 Å². The Balaban J connectivity index is 1.92. The second kappa shape index (κ2) is 6.95. The molecule has 0 bridgehead atoms. The minimum Gasteiger partial charge on any atom is -0.454 e. The molecule has 1 aromatic carbocycles. The molecule has 4 heteroatoms. The highest BCUT2D eigenvalue weighted by Crippen LogP contribution is 2.34. The van der Waals surface area contributed by atoms with Crippen LogP contribution in [-0.4, -0.2) is 37.4 Å². The van der Waals surface area contributed by atoms with Crippen LogP contribution >= 0.6 is 0 Å². The zero-order valence-electron chi connectivity index (χ0n) is 13.0. The van der Waals surface area contributed by atoms with E-state index >= 15 is 0 Å². The van der Waals surface area contributed by atoms with Crippen LogP contribution in [0.15, 0.2) is 18.2 Å². The van der Waals surface area contributed by atoms with Gasteiger partial charge in [-0.05, 0) is 44.6 Å². The zero-order valence-corrected chi connectivity index (χ0v) is 13.0. The highest BCUT2D eigenvalue weighted by atomic mass is 16.7. The Morgan fingerprint density at radius 3 is 2.55 bits per heavy atom. The number of nitrogens with zero attached hydrogens (tertiary/aromatic N) is 1. The third kappa shape index (κ3) is 3.64. The lowest BCUT2D eigenvalue weighted by molar-refractivity contribution is 0.174. The van der Waals surface area contributed by atoms with Crippen molar-refractivity contribution in [2.45, 2.75) is 39.8 Å². The summed E-state index contributed by atoms with van der Waals surface area (Å²) in [5.74, 6) is 1.70. The molecule has 0 aliphatic carbocycles. The van der Waals surface area contributed by atoms with E-state index < -0.39 is 0 Å². The van der Waals surface area contributed by atoms with Crippen molar-refractivity contribution in [3.63, 3.8) is 0 Å². The van der Waals surface area contributed by atoms with Crippen LogP contribution in [0.4, 0.5) is 0 Å². The van der Waals surface area contributed by atoms with Gasteiger partial charge >= 0.3 is 0 Å². The van der Waals surface area contributed by atoms with Gasteiger partial charge in [0, 0.05) is 18.6 Å². The summed E-state index contributed by atoms with van der Waals surface area (Å²) in [4.78, 5) is 2.43. The van der Waals surface area contributed by atoms with Crippen LogP contribution in [-0.2, 0) is 0 Å². The van der Waals surface area contributed by atoms with Gasteiger partial charge in [-0.3, -0.25) is 0 Å². The molecular formula is C16H26N2O2. The Labute approximate surface area is 122 Å². The number of rotatable bonds is 7. The third-order valence-corrected chi connectivity index (χ3v) is 3.86. The van der Waals surface area contributed by atoms with Gasteiger partial charge in [0.2, 0.25) is 6.79 Å². The van der Waals surface area contributed by atoms with E-state index in [-0.39, 0.29) is 0 Å². The predicted molar refractivity (Wildman–Crippen MR) is 81.4 cm³/mol. The van der Waals surface area contributed by atoms with Crippen molar-refractivity contribution in [1.29, 1.82) is 0 Å². The summed E-state index contributed by atoms with van der Waals surface area (Å²) in [5, 5.41) is 3.65. The van der Waals surface area contributed by atoms with E-state index in [0.29, 0.717) is 18.9 Å². The van der Waals surface area contributed by atoms with Gasteiger partial charge in [-0.1, -0.05) is 19.9 Å². The molecule has 0 saturated heterocycles. The van der Waals surface area contributed by atoms with Crippen molar-refractivity contribution in [2.24, 2.45) is 0 Å². The van der Waals surface area contributed by atoms with Crippen molar-refractivity contribution >= 4 is 0 Å². The summed E-state index contributed by atoms with van der Waals surface area (Å²) in [6, 6.07) is 6.93. The monoisotopic (exact) mass is 278 g/mol. The fraction of sp³-hybridized carbons (Fsp3) is 0.625. The fourth-order valence-corrected chi connectivity index (χ4v) is 2.63. The molecule has 2 unspecified atom stereocenters. The molecule has 0 fully saturated rings. The molecule has 1 aliphatic rings. The largest absolute Gasteiger partial charge is 0.454 e. The highest BCUT2D eigenvalue weighted by molar-refractivity contribution is 5.45. The van der Waals surface area contributed by atoms with Gasteiger partial charge < -0.3 is 19.7 Å². The molecule has 0 aromatic heterocycles. The van der Waals surface area contributed by atoms with Crippen LogP contribution in [0.3, 0.4) is 0 Å². The predicted octanol–water partition coefficient (Wildman–Crippen LogP) is 2.80. The molecule has 1 heterocycles. The van der Waals surface area contributed by atoms with Crippen LogP contribution in [0.5, 0.6) is 11.5 Å². The van der Waals surface area contributed by atoms with Crippen LogP contribution in [0.25, 0.3) is 0 Å². The van der Waals surface area contributed by atoms with Gasteiger partial charge in [-0.25, -0.2) is 0 Å². The van der Waals surface area contributed by atoms with Crippen molar-refractivity contribution < 1.29 is 9.47 Å². The standard InChI is InChI=1S/C16H26N2O2/c1-5-18(6-2)10-12(3)17-13(4)14-7-8-15-16(9-14)20-11-19-15/h7-9,12-13,17H,5-6,10-11H2,1-4H3. The second-order valence-electron chi connectivity index (χ2n) is 5.39. The zero-order chi connectivity index (χ0) is 14.5. The van der Waals surface area contributed by atoms with E-state index in [4.69, 9.17) is 9.47 Å². The third-order valence-electron chi connectivity index (χ3n) is 3.86. The number of likely N-dealkylation sites (N-methyl/N-ethyl adjacent to an activating group) is 1. The average molecular weight is 278 g/mol. The Morgan fingerprint density at radius 2 is 1.85 bits per heavy atom. The molecule has 0 amide bonds. The van der Waals surface area contributed by atoms with Crippen molar-refractivity contribution in [2.75, 3.05) is 26.4 Å². The minimum absolute atomic E-state index is 0.301. The molecular weight excluding hydrogens is 252 g/mol. The summed E-state index contributed by atoms with van der Waals surface area (Å²) in [6.07, 6.45) is 0. The number of fused-ring (bicyclic) bond motifs is 1. The van der Waals surface area contributed by atoms with Crippen LogP contribution in [0, 0.1) is 0 Å². The van der Waals surface area contributed by atoms with Crippen molar-refractivity contribution in [3.05, 3.63) is 23.8 Å². The van der Waals surface area contributed by atoms with Crippen LogP contribution < -0.4 is 14.8 Å². The molecule has 0 saturated carbocycles. The fourth-order valence-electron chi connectivity index (χ4n) is 2.63. The minimum atomic E-state index is 0.301. The molecule has 2 atom stereocenters. The summed E-state index contributed by atoms with van der Waals surface area (Å²) >= 11 is 0. The summed E-state index contributed by atoms with van der Waals surface area (Å²) in [6.45, 7) is 12.4. The number of hydrogen-bond donors (Lipinski definition) is 1. The first-order valence-electron chi connectivity index (χ1n) is 7.52. The summed E-state index contributed by atoms with van der Waals surface area (Å²) in [7, 11) is 0. The van der Waals surface area contributed by atoms with Gasteiger partial charge in [0.05, 0.1) is 0 Å². The highest BCUT2D eigenvalue weighted by Gasteiger charge is 2.17. The van der Waals surface area contributed by atoms with E-state index in [1.54, 1.807) is 0 Å². The first-order valence-corrected chi connectivity index (χ1v) is 7.52. The lowest BCUT2D eigenvalue weighted by atomic mass is 10.1. The molecule has 1 aromatic rings. The van der Waals surface area contributed by atoms with Gasteiger partial charge in [-0.15, -0.1) is 0 Å². The normalized spacial score (nSPS) is 16.4. The quantitative estimate of drug-likeness (QED) is 0.831. The van der Waals surface area contributed by atoms with E-state index in [9.17, 15) is 0 Å². The van der Waals surface area contributed by atoms with Gasteiger partial charge in [0.15, 0.2) is 11.5 Å².